The summed E-state index contributed by atoms with van der Waals surface area (Å²) in [4.78, 5) is 31.4. The van der Waals surface area contributed by atoms with Crippen LogP contribution in [-0.4, -0.2) is 64.9 Å². The number of benzene rings is 2. The average Bonchev–Trinajstić information content (AvgIpc) is 3.31. The normalized spacial score (nSPS) is 16.2. The fourth-order valence-corrected chi connectivity index (χ4v) is 3.98. The molecule has 10 heteroatoms. The molecule has 0 unspecified atom stereocenters. The lowest BCUT2D eigenvalue weighted by molar-refractivity contribution is -0.125. The Morgan fingerprint density at radius 2 is 1.76 bits per heavy atom. The van der Waals surface area contributed by atoms with E-state index in [1.807, 2.05) is 42.5 Å². The summed E-state index contributed by atoms with van der Waals surface area (Å²) < 4.78 is 0. The molecule has 1 aliphatic rings. The third kappa shape index (κ3) is 6.56. The number of aliphatic imine (C=N–C) groups is 1. The van der Waals surface area contributed by atoms with E-state index in [1.165, 1.54) is 0 Å². The molecule has 7 N–H and O–H groups in total. The standard InChI is InChI=1S/C23H30BN5O4/c25-23(26)27-14-4-9-20(24(32)33)28-21(30)19-8-5-15-29(19)22(31)18-12-10-17(11-13-18)16-6-2-1-3-7-16/h1-3,6-7,10-13,19-20,32-33H,4-5,8-9,14-15H2,(H,28,30)(H4,25,26,27)/t19-,20-/m0/s1. The van der Waals surface area contributed by atoms with E-state index in [4.69, 9.17) is 11.5 Å². The monoisotopic (exact) mass is 451 g/mol. The summed E-state index contributed by atoms with van der Waals surface area (Å²) in [6.07, 6.45) is 1.95. The number of likely N-dealkylation sites (tertiary alicyclic amines) is 1. The second-order valence-corrected chi connectivity index (χ2v) is 8.08. The van der Waals surface area contributed by atoms with Gasteiger partial charge < -0.3 is 31.7 Å². The number of guanidine groups is 1. The Morgan fingerprint density at radius 3 is 2.39 bits per heavy atom. The quantitative estimate of drug-likeness (QED) is 0.162. The van der Waals surface area contributed by atoms with Crippen molar-refractivity contribution in [1.29, 1.82) is 0 Å². The molecule has 1 aliphatic heterocycles. The molecule has 0 bridgehead atoms. The highest BCUT2D eigenvalue weighted by Gasteiger charge is 2.36. The zero-order valence-electron chi connectivity index (χ0n) is 18.4. The van der Waals surface area contributed by atoms with E-state index >= 15 is 0 Å². The van der Waals surface area contributed by atoms with Crippen molar-refractivity contribution >= 4 is 24.9 Å². The average molecular weight is 451 g/mol. The molecule has 0 aromatic heterocycles. The van der Waals surface area contributed by atoms with E-state index < -0.39 is 25.0 Å². The lowest BCUT2D eigenvalue weighted by Crippen LogP contribution is -2.53. The highest BCUT2D eigenvalue weighted by Crippen LogP contribution is 2.23. The summed E-state index contributed by atoms with van der Waals surface area (Å²) in [5.74, 6) is -1.55. The minimum atomic E-state index is -1.73. The summed E-state index contributed by atoms with van der Waals surface area (Å²) in [5.41, 5.74) is 13.1. The van der Waals surface area contributed by atoms with Crippen LogP contribution in [0.2, 0.25) is 0 Å². The van der Waals surface area contributed by atoms with Crippen molar-refractivity contribution in [3.8, 4) is 11.1 Å². The molecule has 1 heterocycles. The molecule has 33 heavy (non-hydrogen) atoms. The van der Waals surface area contributed by atoms with Gasteiger partial charge in [-0.15, -0.1) is 0 Å². The third-order valence-corrected chi connectivity index (χ3v) is 5.71. The summed E-state index contributed by atoms with van der Waals surface area (Å²) in [6, 6.07) is 16.5. The minimum Gasteiger partial charge on any atom is -0.426 e. The van der Waals surface area contributed by atoms with Crippen molar-refractivity contribution in [3.05, 3.63) is 60.2 Å². The first kappa shape index (κ1) is 24.3. The molecule has 2 aromatic rings. The van der Waals surface area contributed by atoms with Gasteiger partial charge in [-0.25, -0.2) is 0 Å². The first-order chi connectivity index (χ1) is 15.9. The Labute approximate surface area is 193 Å². The Hall–Kier alpha value is -3.37. The highest BCUT2D eigenvalue weighted by atomic mass is 16.4. The van der Waals surface area contributed by atoms with Gasteiger partial charge in [0.15, 0.2) is 5.96 Å². The maximum Gasteiger partial charge on any atom is 0.475 e. The van der Waals surface area contributed by atoms with Gasteiger partial charge in [-0.3, -0.25) is 14.6 Å². The van der Waals surface area contributed by atoms with Crippen LogP contribution in [0.1, 0.15) is 36.0 Å². The lowest BCUT2D eigenvalue weighted by Gasteiger charge is -2.26. The van der Waals surface area contributed by atoms with Crippen LogP contribution in [0.5, 0.6) is 0 Å². The van der Waals surface area contributed by atoms with Crippen LogP contribution in [0.25, 0.3) is 11.1 Å². The molecule has 2 atom stereocenters. The van der Waals surface area contributed by atoms with Crippen molar-refractivity contribution in [2.75, 3.05) is 13.1 Å². The van der Waals surface area contributed by atoms with E-state index in [-0.39, 0.29) is 18.3 Å². The number of amides is 2. The van der Waals surface area contributed by atoms with Crippen LogP contribution in [0.3, 0.4) is 0 Å². The maximum absolute atomic E-state index is 13.1. The number of carbonyl (C=O) groups excluding carboxylic acids is 2. The highest BCUT2D eigenvalue weighted by molar-refractivity contribution is 6.43. The SMILES string of the molecule is NC(N)=NCCC[C@H](NC(=O)[C@@H]1CCCN1C(=O)c1ccc(-c2ccccc2)cc1)B(O)O. The molecule has 3 rings (SSSR count). The van der Waals surface area contributed by atoms with Gasteiger partial charge in [-0.1, -0.05) is 42.5 Å². The predicted octanol–water partition coefficient (Wildman–Crippen LogP) is 0.509. The van der Waals surface area contributed by atoms with E-state index in [2.05, 4.69) is 10.3 Å². The smallest absolute Gasteiger partial charge is 0.426 e. The molecule has 1 fully saturated rings. The van der Waals surface area contributed by atoms with Gasteiger partial charge in [-0.05, 0) is 48.9 Å². The second-order valence-electron chi connectivity index (χ2n) is 8.08. The van der Waals surface area contributed by atoms with Gasteiger partial charge in [0.2, 0.25) is 5.91 Å². The number of hydrogen-bond acceptors (Lipinski definition) is 5. The molecule has 0 spiro atoms. The minimum absolute atomic E-state index is 0.0444. The number of hydrogen-bond donors (Lipinski definition) is 5. The second kappa shape index (κ2) is 11.5. The zero-order chi connectivity index (χ0) is 23.8. The molecule has 9 nitrogen and oxygen atoms in total. The maximum atomic E-state index is 13.1. The number of nitrogens with one attached hydrogen (secondary N) is 1. The third-order valence-electron chi connectivity index (χ3n) is 5.71. The Balaban J connectivity index is 1.63. The van der Waals surface area contributed by atoms with Gasteiger partial charge in [0.25, 0.3) is 5.91 Å². The van der Waals surface area contributed by atoms with Crippen molar-refractivity contribution in [1.82, 2.24) is 10.2 Å². The van der Waals surface area contributed by atoms with E-state index in [0.29, 0.717) is 37.9 Å². The van der Waals surface area contributed by atoms with E-state index in [0.717, 1.165) is 11.1 Å². The molecule has 2 aromatic carbocycles. The molecular formula is C23H30BN5O4. The Morgan fingerprint density at radius 1 is 1.09 bits per heavy atom. The van der Waals surface area contributed by atoms with Crippen LogP contribution < -0.4 is 16.8 Å². The first-order valence-electron chi connectivity index (χ1n) is 11.0. The summed E-state index contributed by atoms with van der Waals surface area (Å²) in [6.45, 7) is 0.780. The van der Waals surface area contributed by atoms with Gasteiger partial charge in [0.05, 0.1) is 5.94 Å². The van der Waals surface area contributed by atoms with Crippen LogP contribution >= 0.6 is 0 Å². The van der Waals surface area contributed by atoms with Gasteiger partial charge in [-0.2, -0.15) is 0 Å². The fourth-order valence-electron chi connectivity index (χ4n) is 3.98. The van der Waals surface area contributed by atoms with Gasteiger partial charge in [0.1, 0.15) is 6.04 Å². The first-order valence-corrected chi connectivity index (χ1v) is 11.0. The molecule has 2 amide bonds. The summed E-state index contributed by atoms with van der Waals surface area (Å²) in [7, 11) is -1.73. The van der Waals surface area contributed by atoms with Crippen molar-refractivity contribution < 1.29 is 19.6 Å². The number of rotatable bonds is 9. The fraction of sp³-hybridized carbons (Fsp3) is 0.348. The van der Waals surface area contributed by atoms with E-state index in [1.54, 1.807) is 17.0 Å². The molecule has 1 saturated heterocycles. The Kier molecular flexibility index (Phi) is 8.45. The van der Waals surface area contributed by atoms with Crippen LogP contribution in [0.4, 0.5) is 0 Å². The van der Waals surface area contributed by atoms with Crippen molar-refractivity contribution in [3.63, 3.8) is 0 Å². The Bertz CT molecular complexity index is 965. The topological polar surface area (TPSA) is 154 Å². The summed E-state index contributed by atoms with van der Waals surface area (Å²) >= 11 is 0. The van der Waals surface area contributed by atoms with Crippen LogP contribution in [0, 0.1) is 0 Å². The number of nitrogens with zero attached hydrogens (tertiary/aromatic N) is 2. The van der Waals surface area contributed by atoms with Crippen LogP contribution in [0.15, 0.2) is 59.6 Å². The van der Waals surface area contributed by atoms with Crippen molar-refractivity contribution in [2.45, 2.75) is 37.7 Å². The predicted molar refractivity (Wildman–Crippen MR) is 128 cm³/mol. The summed E-state index contributed by atoms with van der Waals surface area (Å²) in [5, 5.41) is 22.0. The molecule has 0 saturated carbocycles. The van der Waals surface area contributed by atoms with E-state index in [9.17, 15) is 19.6 Å². The number of nitrogens with two attached hydrogens (primary N) is 2. The number of carbonyl (C=O) groups is 2. The van der Waals surface area contributed by atoms with Crippen molar-refractivity contribution in [2.24, 2.45) is 16.5 Å². The van der Waals surface area contributed by atoms with Gasteiger partial charge in [0, 0.05) is 18.7 Å². The zero-order valence-corrected chi connectivity index (χ0v) is 18.4. The largest absolute Gasteiger partial charge is 0.475 e. The van der Waals surface area contributed by atoms with Crippen LogP contribution in [-0.2, 0) is 4.79 Å². The lowest BCUT2D eigenvalue weighted by atomic mass is 9.76. The molecular weight excluding hydrogens is 421 g/mol. The molecule has 174 valence electrons. The van der Waals surface area contributed by atoms with Gasteiger partial charge >= 0.3 is 7.12 Å². The molecule has 0 aliphatic carbocycles. The molecule has 0 radical (unpaired) electrons.